The minimum Gasteiger partial charge on any atom is -0.289 e. The quantitative estimate of drug-likeness (QED) is 0.708. The molecule has 0 radical (unpaired) electrons. The molecule has 2 aromatic rings. The maximum Gasteiger partial charge on any atom is 0.243 e. The molecule has 0 bridgehead atoms. The highest BCUT2D eigenvalue weighted by Crippen LogP contribution is 2.30. The van der Waals surface area contributed by atoms with E-state index in [4.69, 9.17) is 0 Å². The Morgan fingerprint density at radius 3 is 1.92 bits per heavy atom. The lowest BCUT2D eigenvalue weighted by Gasteiger charge is -2.26. The number of fused-ring (bicyclic) bond motifs is 2. The molecule has 0 spiro atoms. The molecule has 25 heavy (non-hydrogen) atoms. The molecule has 1 fully saturated rings. The van der Waals surface area contributed by atoms with Crippen molar-refractivity contribution >= 4 is 21.6 Å². The first-order valence-corrected chi connectivity index (χ1v) is 9.77. The van der Waals surface area contributed by atoms with Gasteiger partial charge in [-0.25, -0.2) is 8.42 Å². The summed E-state index contributed by atoms with van der Waals surface area (Å²) >= 11 is 0. The van der Waals surface area contributed by atoms with Crippen molar-refractivity contribution in [3.8, 4) is 0 Å². The van der Waals surface area contributed by atoms with Gasteiger partial charge in [0, 0.05) is 35.3 Å². The van der Waals surface area contributed by atoms with Gasteiger partial charge in [-0.3, -0.25) is 9.59 Å². The molecule has 5 nitrogen and oxygen atoms in total. The van der Waals surface area contributed by atoms with Gasteiger partial charge >= 0.3 is 0 Å². The fourth-order valence-electron chi connectivity index (χ4n) is 3.49. The smallest absolute Gasteiger partial charge is 0.243 e. The van der Waals surface area contributed by atoms with Crippen molar-refractivity contribution < 1.29 is 18.0 Å². The van der Waals surface area contributed by atoms with Gasteiger partial charge in [-0.15, -0.1) is 0 Å². The van der Waals surface area contributed by atoms with Gasteiger partial charge in [-0.05, 0) is 31.0 Å². The van der Waals surface area contributed by atoms with Crippen LogP contribution in [0.15, 0.2) is 47.4 Å². The van der Waals surface area contributed by atoms with Crippen LogP contribution in [0.3, 0.4) is 0 Å². The van der Waals surface area contributed by atoms with Crippen molar-refractivity contribution in [2.75, 3.05) is 13.1 Å². The van der Waals surface area contributed by atoms with Crippen molar-refractivity contribution in [1.29, 1.82) is 0 Å². The summed E-state index contributed by atoms with van der Waals surface area (Å²) in [5, 5.41) is 0. The average molecular weight is 355 g/mol. The Kier molecular flexibility index (Phi) is 3.81. The number of piperidine rings is 1. The molecule has 1 heterocycles. The lowest BCUT2D eigenvalue weighted by molar-refractivity contribution is 0.0979. The zero-order valence-corrected chi connectivity index (χ0v) is 14.4. The third kappa shape index (κ3) is 2.53. The molecule has 1 aliphatic heterocycles. The maximum absolute atomic E-state index is 12.8. The first-order valence-electron chi connectivity index (χ1n) is 8.33. The van der Waals surface area contributed by atoms with Crippen molar-refractivity contribution in [3.63, 3.8) is 0 Å². The third-order valence-corrected chi connectivity index (χ3v) is 6.74. The van der Waals surface area contributed by atoms with Crippen molar-refractivity contribution in [3.05, 3.63) is 64.7 Å². The van der Waals surface area contributed by atoms with E-state index in [2.05, 4.69) is 0 Å². The van der Waals surface area contributed by atoms with Gasteiger partial charge in [0.1, 0.15) is 0 Å². The highest BCUT2D eigenvalue weighted by atomic mass is 32.2. The summed E-state index contributed by atoms with van der Waals surface area (Å²) in [5.41, 5.74) is 1.13. The van der Waals surface area contributed by atoms with Crippen LogP contribution in [0.4, 0.5) is 0 Å². The zero-order valence-electron chi connectivity index (χ0n) is 13.6. The third-order valence-electron chi connectivity index (χ3n) is 4.85. The number of carbonyl (C=O) groups is 2. The van der Waals surface area contributed by atoms with E-state index in [1.807, 2.05) is 0 Å². The standard InChI is InChI=1S/C19H17NO4S/c21-18-14-6-2-3-7-15(14)19(22)17-12-13(8-9-16(17)18)25(23,24)20-10-4-1-5-11-20/h2-3,6-9,12H,1,4-5,10-11H2. The lowest BCUT2D eigenvalue weighted by Crippen LogP contribution is -2.35. The fraction of sp³-hybridized carbons (Fsp3) is 0.263. The molecule has 2 aromatic carbocycles. The number of sulfonamides is 1. The van der Waals surface area contributed by atoms with Gasteiger partial charge in [0.15, 0.2) is 11.6 Å². The fourth-order valence-corrected chi connectivity index (χ4v) is 5.04. The van der Waals surface area contributed by atoms with E-state index >= 15 is 0 Å². The normalized spacial score (nSPS) is 17.9. The largest absolute Gasteiger partial charge is 0.289 e. The summed E-state index contributed by atoms with van der Waals surface area (Å²) in [7, 11) is -3.64. The minimum atomic E-state index is -3.64. The van der Waals surface area contributed by atoms with E-state index in [1.165, 1.54) is 22.5 Å². The summed E-state index contributed by atoms with van der Waals surface area (Å²) in [4.78, 5) is 25.4. The predicted octanol–water partition coefficient (Wildman–Crippen LogP) is 2.64. The van der Waals surface area contributed by atoms with E-state index < -0.39 is 10.0 Å². The Balaban J connectivity index is 1.80. The molecule has 2 aliphatic rings. The number of benzene rings is 2. The maximum atomic E-state index is 12.8. The molecule has 0 amide bonds. The number of carbonyl (C=O) groups excluding carboxylic acids is 2. The Hall–Kier alpha value is -2.31. The van der Waals surface area contributed by atoms with E-state index in [1.54, 1.807) is 24.3 Å². The van der Waals surface area contributed by atoms with Gasteiger partial charge < -0.3 is 0 Å². The summed E-state index contributed by atoms with van der Waals surface area (Å²) in [6.07, 6.45) is 2.71. The van der Waals surface area contributed by atoms with Gasteiger partial charge in [0.25, 0.3) is 0 Å². The molecule has 128 valence electrons. The molecule has 0 unspecified atom stereocenters. The summed E-state index contributed by atoms with van der Waals surface area (Å²) in [5.74, 6) is -0.548. The van der Waals surface area contributed by atoms with Crippen molar-refractivity contribution in [1.82, 2.24) is 4.31 Å². The molecule has 1 aliphatic carbocycles. The molecule has 1 saturated heterocycles. The number of hydrogen-bond acceptors (Lipinski definition) is 4. The Labute approximate surface area is 146 Å². The predicted molar refractivity (Wildman–Crippen MR) is 92.4 cm³/mol. The van der Waals surface area contributed by atoms with Gasteiger partial charge in [0.2, 0.25) is 10.0 Å². The van der Waals surface area contributed by atoms with Crippen LogP contribution < -0.4 is 0 Å². The van der Waals surface area contributed by atoms with Crippen LogP contribution >= 0.6 is 0 Å². The number of nitrogens with zero attached hydrogens (tertiary/aromatic N) is 1. The topological polar surface area (TPSA) is 71.5 Å². The van der Waals surface area contributed by atoms with Crippen LogP contribution in [0.25, 0.3) is 0 Å². The molecule has 0 aromatic heterocycles. The first-order chi connectivity index (χ1) is 12.0. The summed E-state index contributed by atoms with van der Waals surface area (Å²) < 4.78 is 27.1. The molecule has 0 N–H and O–H groups in total. The molecular weight excluding hydrogens is 338 g/mol. The molecular formula is C19H17NO4S. The van der Waals surface area contributed by atoms with Crippen LogP contribution in [-0.4, -0.2) is 37.4 Å². The Bertz CT molecular complexity index is 988. The van der Waals surface area contributed by atoms with Crippen LogP contribution in [-0.2, 0) is 10.0 Å². The van der Waals surface area contributed by atoms with E-state index in [0.29, 0.717) is 24.2 Å². The van der Waals surface area contributed by atoms with Gasteiger partial charge in [0.05, 0.1) is 4.90 Å². The Morgan fingerprint density at radius 1 is 0.720 bits per heavy atom. The number of hydrogen-bond donors (Lipinski definition) is 0. The minimum absolute atomic E-state index is 0.0775. The van der Waals surface area contributed by atoms with Crippen molar-refractivity contribution in [2.45, 2.75) is 24.2 Å². The number of ketones is 2. The summed E-state index contributed by atoms with van der Waals surface area (Å²) in [6.45, 7) is 0.990. The SMILES string of the molecule is O=C1c2ccccc2C(=O)c2cc(S(=O)(=O)N3CCCCC3)ccc21. The highest BCUT2D eigenvalue weighted by molar-refractivity contribution is 7.89. The average Bonchev–Trinajstić information content (AvgIpc) is 2.66. The van der Waals surface area contributed by atoms with Crippen LogP contribution in [0.5, 0.6) is 0 Å². The van der Waals surface area contributed by atoms with Crippen LogP contribution in [0.2, 0.25) is 0 Å². The first kappa shape index (κ1) is 16.2. The van der Waals surface area contributed by atoms with E-state index in [0.717, 1.165) is 19.3 Å². The van der Waals surface area contributed by atoms with Crippen LogP contribution in [0.1, 0.15) is 51.1 Å². The van der Waals surface area contributed by atoms with E-state index in [-0.39, 0.29) is 27.6 Å². The van der Waals surface area contributed by atoms with Crippen molar-refractivity contribution in [2.24, 2.45) is 0 Å². The van der Waals surface area contributed by atoms with Gasteiger partial charge in [-0.2, -0.15) is 4.31 Å². The molecule has 6 heteroatoms. The second-order valence-corrected chi connectivity index (χ2v) is 8.31. The van der Waals surface area contributed by atoms with Crippen LogP contribution in [0, 0.1) is 0 Å². The van der Waals surface area contributed by atoms with E-state index in [9.17, 15) is 18.0 Å². The molecule has 0 atom stereocenters. The second kappa shape index (κ2) is 5.89. The number of rotatable bonds is 2. The highest BCUT2D eigenvalue weighted by Gasteiger charge is 2.32. The zero-order chi connectivity index (χ0) is 17.6. The second-order valence-electron chi connectivity index (χ2n) is 6.38. The lowest BCUT2D eigenvalue weighted by atomic mass is 9.84. The van der Waals surface area contributed by atoms with Gasteiger partial charge in [-0.1, -0.05) is 30.7 Å². The summed E-state index contributed by atoms with van der Waals surface area (Å²) in [6, 6.07) is 10.9. The Morgan fingerprint density at radius 2 is 1.28 bits per heavy atom. The molecule has 4 rings (SSSR count). The monoisotopic (exact) mass is 355 g/mol. The molecule has 0 saturated carbocycles.